The predicted octanol–water partition coefficient (Wildman–Crippen LogP) is 5.12. The Bertz CT molecular complexity index is 1760. The maximum atomic E-state index is 13.2. The molecule has 5 rings (SSSR count). The van der Waals surface area contributed by atoms with Gasteiger partial charge in [-0.15, -0.1) is 0 Å². The van der Waals surface area contributed by atoms with Gasteiger partial charge in [0, 0.05) is 63.5 Å². The average molecular weight is 653 g/mol. The highest BCUT2D eigenvalue weighted by Crippen LogP contribution is 2.44. The van der Waals surface area contributed by atoms with Gasteiger partial charge in [0.1, 0.15) is 12.4 Å². The predicted molar refractivity (Wildman–Crippen MR) is 178 cm³/mol. The molecule has 0 radical (unpaired) electrons. The van der Waals surface area contributed by atoms with E-state index in [1.165, 1.54) is 16.1 Å². The fraction of sp³-hybridized carbons (Fsp3) is 0.324. The normalized spacial score (nSPS) is 11.6. The van der Waals surface area contributed by atoms with Gasteiger partial charge in [-0.05, 0) is 39.8 Å². The molecule has 250 valence electrons. The summed E-state index contributed by atoms with van der Waals surface area (Å²) in [4.78, 5) is 65.6. The van der Waals surface area contributed by atoms with Gasteiger partial charge in [0.05, 0.1) is 13.1 Å². The Hall–Kier alpha value is -5.38. The van der Waals surface area contributed by atoms with Crippen molar-refractivity contribution in [3.63, 3.8) is 0 Å². The van der Waals surface area contributed by atoms with E-state index in [0.29, 0.717) is 19.5 Å². The second-order valence-corrected chi connectivity index (χ2v) is 11.5. The van der Waals surface area contributed by atoms with Gasteiger partial charge in [-0.1, -0.05) is 73.7 Å². The lowest BCUT2D eigenvalue weighted by atomic mass is 9.98. The maximum Gasteiger partial charge on any atom is 0.424 e. The van der Waals surface area contributed by atoms with Crippen LogP contribution in [0.2, 0.25) is 0 Å². The van der Waals surface area contributed by atoms with Gasteiger partial charge >= 0.3 is 12.2 Å². The molecule has 1 aliphatic carbocycles. The molecule has 1 N–H and O–H groups in total. The standard InChI is InChI=1S/C36H40N4O5.CO2/c1-4-27(41)22-37-35(43)18-17-28(42)19-20-40-26(21-25-11-5-10-16-34(25)40)23-38(2)39(3)36(44)45-24-33-31-14-8-6-12-29(31)30-13-7-9-15-32(30)33;2-1-3/h5-16,21,33H,4,17-20,22-24H2,1-3H3,(H,37,43);. The van der Waals surface area contributed by atoms with Crippen LogP contribution < -0.4 is 5.32 Å². The fourth-order valence-electron chi connectivity index (χ4n) is 5.85. The lowest BCUT2D eigenvalue weighted by molar-refractivity contribution is -0.191. The number of hydrogen-bond donors (Lipinski definition) is 1. The summed E-state index contributed by atoms with van der Waals surface area (Å²) >= 11 is 0. The molecule has 0 spiro atoms. The minimum Gasteiger partial charge on any atom is -0.447 e. The molecule has 0 saturated carbocycles. The first kappa shape index (κ1) is 35.5. The van der Waals surface area contributed by atoms with Gasteiger partial charge in [0.2, 0.25) is 5.91 Å². The van der Waals surface area contributed by atoms with E-state index >= 15 is 0 Å². The molecule has 11 nitrogen and oxygen atoms in total. The number of Topliss-reactive ketones (excluding diaryl/α,β-unsaturated/α-hetero) is 2. The number of para-hydroxylation sites is 1. The van der Waals surface area contributed by atoms with Gasteiger partial charge in [0.15, 0.2) is 5.78 Å². The van der Waals surface area contributed by atoms with Crippen molar-refractivity contribution < 1.29 is 33.5 Å². The number of ether oxygens (including phenoxy) is 1. The molecule has 1 aromatic heterocycles. The first-order chi connectivity index (χ1) is 23.2. The van der Waals surface area contributed by atoms with E-state index in [2.05, 4.69) is 40.2 Å². The highest BCUT2D eigenvalue weighted by atomic mass is 16.6. The molecule has 4 aromatic rings. The number of benzene rings is 3. The topological polar surface area (TPSA) is 135 Å². The fourth-order valence-corrected chi connectivity index (χ4v) is 5.85. The van der Waals surface area contributed by atoms with E-state index in [1.807, 2.05) is 55.6 Å². The number of hydrazine groups is 1. The summed E-state index contributed by atoms with van der Waals surface area (Å²) in [6, 6.07) is 26.5. The number of aryl methyl sites for hydroxylation is 1. The Morgan fingerprint density at radius 2 is 1.44 bits per heavy atom. The summed E-state index contributed by atoms with van der Waals surface area (Å²) in [6.45, 7) is 2.84. The second-order valence-electron chi connectivity index (χ2n) is 11.5. The third kappa shape index (κ3) is 8.70. The van der Waals surface area contributed by atoms with Gasteiger partial charge in [-0.25, -0.2) is 14.8 Å². The Balaban J connectivity index is 0.00000167. The highest BCUT2D eigenvalue weighted by molar-refractivity contribution is 5.88. The van der Waals surface area contributed by atoms with Crippen molar-refractivity contribution in [1.82, 2.24) is 19.9 Å². The van der Waals surface area contributed by atoms with Crippen LogP contribution in [0, 0.1) is 0 Å². The minimum atomic E-state index is -0.448. The number of nitrogens with zero attached hydrogens (tertiary/aromatic N) is 3. The molecule has 0 bridgehead atoms. The molecule has 3 aromatic carbocycles. The van der Waals surface area contributed by atoms with Gasteiger partial charge in [-0.2, -0.15) is 9.59 Å². The largest absolute Gasteiger partial charge is 0.447 e. The number of carbonyl (C=O) groups excluding carboxylic acids is 6. The summed E-state index contributed by atoms with van der Waals surface area (Å²) in [5.74, 6) is -0.393. The average Bonchev–Trinajstić information content (AvgIpc) is 3.62. The number of carbonyl (C=O) groups is 4. The highest BCUT2D eigenvalue weighted by Gasteiger charge is 2.30. The zero-order chi connectivity index (χ0) is 34.6. The van der Waals surface area contributed by atoms with E-state index in [9.17, 15) is 19.2 Å². The van der Waals surface area contributed by atoms with Crippen molar-refractivity contribution >= 4 is 40.6 Å². The van der Waals surface area contributed by atoms with Crippen LogP contribution in [0.1, 0.15) is 55.3 Å². The van der Waals surface area contributed by atoms with Crippen LogP contribution in [0.25, 0.3) is 22.0 Å². The smallest absolute Gasteiger partial charge is 0.424 e. The van der Waals surface area contributed by atoms with Gasteiger partial charge in [0.25, 0.3) is 0 Å². The molecule has 48 heavy (non-hydrogen) atoms. The van der Waals surface area contributed by atoms with Crippen LogP contribution in [0.3, 0.4) is 0 Å². The minimum absolute atomic E-state index is 0.000241. The van der Waals surface area contributed by atoms with E-state index in [4.69, 9.17) is 14.3 Å². The first-order valence-corrected chi connectivity index (χ1v) is 15.8. The van der Waals surface area contributed by atoms with Crippen LogP contribution in [0.15, 0.2) is 78.9 Å². The van der Waals surface area contributed by atoms with Crippen molar-refractivity contribution in [2.45, 2.75) is 51.6 Å². The molecular formula is C37H40N4O7. The van der Waals surface area contributed by atoms with Crippen molar-refractivity contribution in [3.05, 3.63) is 95.7 Å². The number of rotatable bonds is 14. The van der Waals surface area contributed by atoms with Crippen LogP contribution in [0.5, 0.6) is 0 Å². The summed E-state index contributed by atoms with van der Waals surface area (Å²) in [6.07, 6.45) is 0.603. The monoisotopic (exact) mass is 652 g/mol. The Kier molecular flexibility index (Phi) is 12.5. The molecular weight excluding hydrogens is 612 g/mol. The SMILES string of the molecule is CCC(=O)CNC(=O)CCC(=O)CCn1c(CN(C)N(C)C(=O)OCC2c3ccccc3-c3ccccc32)cc2ccccc21.O=C=O. The van der Waals surface area contributed by atoms with Crippen LogP contribution in [-0.4, -0.2) is 71.6 Å². The van der Waals surface area contributed by atoms with Crippen molar-refractivity contribution in [2.75, 3.05) is 27.2 Å². The zero-order valence-electron chi connectivity index (χ0n) is 27.4. The van der Waals surface area contributed by atoms with Crippen molar-refractivity contribution in [3.8, 4) is 11.1 Å². The molecule has 0 atom stereocenters. The third-order valence-corrected chi connectivity index (χ3v) is 8.52. The molecule has 1 aliphatic rings. The Morgan fingerprint density at radius 3 is 2.08 bits per heavy atom. The van der Waals surface area contributed by atoms with E-state index in [0.717, 1.165) is 27.7 Å². The summed E-state index contributed by atoms with van der Waals surface area (Å²) in [7, 11) is 3.52. The Labute approximate surface area is 279 Å². The Morgan fingerprint density at radius 1 is 0.833 bits per heavy atom. The quantitative estimate of drug-likeness (QED) is 0.186. The van der Waals surface area contributed by atoms with Crippen molar-refractivity contribution in [2.24, 2.45) is 0 Å². The summed E-state index contributed by atoms with van der Waals surface area (Å²) < 4.78 is 7.95. The van der Waals surface area contributed by atoms with Crippen LogP contribution in [-0.2, 0) is 41.8 Å². The maximum absolute atomic E-state index is 13.2. The molecule has 2 amide bonds. The second kappa shape index (κ2) is 17.0. The number of amides is 2. The lowest BCUT2D eigenvalue weighted by Gasteiger charge is -2.28. The number of nitrogens with one attached hydrogen (secondary N) is 1. The van der Waals surface area contributed by atoms with Crippen LogP contribution >= 0.6 is 0 Å². The van der Waals surface area contributed by atoms with Crippen molar-refractivity contribution in [1.29, 1.82) is 0 Å². The molecule has 0 aliphatic heterocycles. The summed E-state index contributed by atoms with van der Waals surface area (Å²) in [5, 5.41) is 6.88. The molecule has 0 saturated heterocycles. The molecule has 11 heteroatoms. The molecule has 1 heterocycles. The third-order valence-electron chi connectivity index (χ3n) is 8.52. The van der Waals surface area contributed by atoms with Gasteiger partial charge in [-0.3, -0.25) is 14.4 Å². The van der Waals surface area contributed by atoms with E-state index in [1.54, 1.807) is 19.0 Å². The summed E-state index contributed by atoms with van der Waals surface area (Å²) in [5.41, 5.74) is 6.62. The number of hydrogen-bond acceptors (Lipinski definition) is 8. The molecule has 0 fully saturated rings. The number of aromatic nitrogens is 1. The van der Waals surface area contributed by atoms with Gasteiger partial charge < -0.3 is 14.6 Å². The molecule has 0 unspecified atom stereocenters. The number of fused-ring (bicyclic) bond motifs is 4. The first-order valence-electron chi connectivity index (χ1n) is 15.8. The number of ketones is 2. The van der Waals surface area contributed by atoms with E-state index < -0.39 is 6.09 Å². The van der Waals surface area contributed by atoms with Crippen LogP contribution in [0.4, 0.5) is 4.79 Å². The van der Waals surface area contributed by atoms with E-state index in [-0.39, 0.29) is 62.0 Å². The lowest BCUT2D eigenvalue weighted by Crippen LogP contribution is -2.41. The zero-order valence-corrected chi connectivity index (χ0v) is 27.4.